The SMILES string of the molecule is Cc1ncc(CCl)c(N)n1.Cl.[Cl-].[Cl-].[Zn+2]. The van der Waals surface area contributed by atoms with Gasteiger partial charge in [0.05, 0.1) is 5.88 Å². The van der Waals surface area contributed by atoms with Gasteiger partial charge in [-0.25, -0.2) is 9.97 Å². The zero-order valence-corrected chi connectivity index (χ0v) is 13.6. The van der Waals surface area contributed by atoms with Crippen LogP contribution in [0.3, 0.4) is 0 Å². The number of nitrogens with zero attached hydrogens (tertiary/aromatic N) is 2. The molecule has 0 saturated heterocycles. The minimum atomic E-state index is 0. The number of rotatable bonds is 1. The minimum Gasteiger partial charge on any atom is -1.00 e. The van der Waals surface area contributed by atoms with Crippen LogP contribution in [0.25, 0.3) is 0 Å². The number of nitrogens with two attached hydrogens (primary N) is 1. The molecule has 0 unspecified atom stereocenters. The first-order valence-electron chi connectivity index (χ1n) is 2.88. The zero-order valence-electron chi connectivity index (χ0n) is 7.51. The molecule has 1 rings (SSSR count). The smallest absolute Gasteiger partial charge is 1.00 e. The maximum Gasteiger partial charge on any atom is 2.00 e. The third-order valence-electron chi connectivity index (χ3n) is 1.16. The summed E-state index contributed by atoms with van der Waals surface area (Å²) in [5.74, 6) is 1.51. The van der Waals surface area contributed by atoms with Crippen molar-refractivity contribution in [2.45, 2.75) is 12.8 Å². The van der Waals surface area contributed by atoms with E-state index in [1.54, 1.807) is 13.1 Å². The molecule has 78 valence electrons. The maximum absolute atomic E-state index is 5.52. The van der Waals surface area contributed by atoms with E-state index in [-0.39, 0.29) is 56.7 Å². The van der Waals surface area contributed by atoms with Crippen LogP contribution in [0.15, 0.2) is 6.20 Å². The summed E-state index contributed by atoms with van der Waals surface area (Å²) >= 11 is 5.52. The molecule has 0 aromatic carbocycles. The number of hydrogen-bond acceptors (Lipinski definition) is 3. The van der Waals surface area contributed by atoms with Crippen LogP contribution in [0.2, 0.25) is 0 Å². The summed E-state index contributed by atoms with van der Waals surface area (Å²) in [6.45, 7) is 1.79. The van der Waals surface area contributed by atoms with Crippen molar-refractivity contribution >= 4 is 29.8 Å². The number of aryl methyl sites for hydroxylation is 1. The summed E-state index contributed by atoms with van der Waals surface area (Å²) in [6, 6.07) is 0. The van der Waals surface area contributed by atoms with E-state index < -0.39 is 0 Å². The van der Waals surface area contributed by atoms with Crippen molar-refractivity contribution in [3.05, 3.63) is 17.6 Å². The summed E-state index contributed by atoms with van der Waals surface area (Å²) in [4.78, 5) is 7.86. The fourth-order valence-corrected chi connectivity index (χ4v) is 0.821. The molecule has 0 amide bonds. The Hall–Kier alpha value is 0.663. The molecule has 0 fully saturated rings. The zero-order chi connectivity index (χ0) is 7.56. The summed E-state index contributed by atoms with van der Waals surface area (Å²) < 4.78 is 0. The molecule has 0 radical (unpaired) electrons. The van der Waals surface area contributed by atoms with Crippen LogP contribution < -0.4 is 30.5 Å². The predicted octanol–water partition coefficient (Wildman–Crippen LogP) is -4.47. The third kappa shape index (κ3) is 7.02. The molecule has 0 spiro atoms. The Kier molecular flexibility index (Phi) is 20.2. The van der Waals surface area contributed by atoms with Gasteiger partial charge in [-0.05, 0) is 6.92 Å². The Morgan fingerprint density at radius 3 is 2.29 bits per heavy atom. The van der Waals surface area contributed by atoms with Crippen LogP contribution in [-0.2, 0) is 25.4 Å². The fourth-order valence-electron chi connectivity index (χ4n) is 0.615. The molecule has 0 aliphatic rings. The van der Waals surface area contributed by atoms with Crippen LogP contribution in [0.4, 0.5) is 5.82 Å². The van der Waals surface area contributed by atoms with E-state index in [1.165, 1.54) is 0 Å². The van der Waals surface area contributed by atoms with Gasteiger partial charge in [-0.15, -0.1) is 24.0 Å². The predicted molar refractivity (Wildman–Crippen MR) is 48.0 cm³/mol. The van der Waals surface area contributed by atoms with E-state index >= 15 is 0 Å². The first-order valence-corrected chi connectivity index (χ1v) is 3.41. The second kappa shape index (κ2) is 11.7. The van der Waals surface area contributed by atoms with Gasteiger partial charge in [0.15, 0.2) is 0 Å². The van der Waals surface area contributed by atoms with E-state index in [2.05, 4.69) is 9.97 Å². The van der Waals surface area contributed by atoms with Gasteiger partial charge in [0, 0.05) is 11.8 Å². The average molecular weight is 330 g/mol. The Labute approximate surface area is 120 Å². The molecule has 0 aliphatic carbocycles. The number of nitrogen functional groups attached to an aromatic ring is 1. The van der Waals surface area contributed by atoms with Crippen LogP contribution in [0, 0.1) is 6.92 Å². The fraction of sp³-hybridized carbons (Fsp3) is 0.333. The molecule has 2 N–H and O–H groups in total. The van der Waals surface area contributed by atoms with Gasteiger partial charge in [-0.1, -0.05) is 0 Å². The first kappa shape index (κ1) is 24.1. The van der Waals surface area contributed by atoms with E-state index in [9.17, 15) is 0 Å². The van der Waals surface area contributed by atoms with Crippen molar-refractivity contribution in [3.63, 3.8) is 0 Å². The number of anilines is 1. The largest absolute Gasteiger partial charge is 2.00 e. The van der Waals surface area contributed by atoms with Crippen molar-refractivity contribution < 1.29 is 44.3 Å². The molecule has 3 nitrogen and oxygen atoms in total. The van der Waals surface area contributed by atoms with Gasteiger partial charge < -0.3 is 30.5 Å². The normalized spacial score (nSPS) is 7.00. The average Bonchev–Trinajstić information content (AvgIpc) is 1.88. The third-order valence-corrected chi connectivity index (χ3v) is 1.45. The molecule has 0 saturated carbocycles. The monoisotopic (exact) mass is 327 g/mol. The van der Waals surface area contributed by atoms with Crippen LogP contribution >= 0.6 is 24.0 Å². The van der Waals surface area contributed by atoms with Gasteiger partial charge in [-0.2, -0.15) is 0 Å². The van der Waals surface area contributed by atoms with Crippen molar-refractivity contribution in [2.75, 3.05) is 5.73 Å². The number of aromatic nitrogens is 2. The van der Waals surface area contributed by atoms with Crippen molar-refractivity contribution in [1.29, 1.82) is 0 Å². The summed E-state index contributed by atoms with van der Waals surface area (Å²) in [5, 5.41) is 0. The number of halogens is 4. The van der Waals surface area contributed by atoms with Gasteiger partial charge >= 0.3 is 19.5 Å². The van der Waals surface area contributed by atoms with Gasteiger partial charge in [0.2, 0.25) is 0 Å². The molecule has 14 heavy (non-hydrogen) atoms. The van der Waals surface area contributed by atoms with E-state index in [0.29, 0.717) is 17.5 Å². The Morgan fingerprint density at radius 1 is 1.43 bits per heavy atom. The Bertz CT molecular complexity index is 249. The van der Waals surface area contributed by atoms with Crippen LogP contribution in [0.5, 0.6) is 0 Å². The maximum atomic E-state index is 5.52. The van der Waals surface area contributed by atoms with E-state index in [0.717, 1.165) is 5.56 Å². The number of hydrogen-bond donors (Lipinski definition) is 1. The van der Waals surface area contributed by atoms with Gasteiger partial charge in [0.1, 0.15) is 11.6 Å². The van der Waals surface area contributed by atoms with Crippen molar-refractivity contribution in [2.24, 2.45) is 0 Å². The van der Waals surface area contributed by atoms with Crippen molar-refractivity contribution in [3.8, 4) is 0 Å². The molecule has 8 heteroatoms. The molecular weight excluding hydrogens is 321 g/mol. The topological polar surface area (TPSA) is 51.8 Å². The summed E-state index contributed by atoms with van der Waals surface area (Å²) in [7, 11) is 0. The molecule has 1 heterocycles. The second-order valence-corrected chi connectivity index (χ2v) is 2.23. The molecule has 1 aromatic rings. The first-order chi connectivity index (χ1) is 4.74. The van der Waals surface area contributed by atoms with E-state index in [4.69, 9.17) is 17.3 Å². The van der Waals surface area contributed by atoms with Crippen LogP contribution in [-0.4, -0.2) is 9.97 Å². The Balaban J connectivity index is -0.000000125. The standard InChI is InChI=1S/C6H8ClN3.3ClH.Zn/c1-4-9-3-5(2-7)6(8)10-4;;;;/h3H,2H2,1H3,(H2,8,9,10);3*1H;/q;;;;+2/p-2. The second-order valence-electron chi connectivity index (χ2n) is 1.96. The molecule has 0 bridgehead atoms. The number of alkyl halides is 1. The minimum absolute atomic E-state index is 0. The van der Waals surface area contributed by atoms with Gasteiger partial charge in [0.25, 0.3) is 0 Å². The molecule has 1 aromatic heterocycles. The quantitative estimate of drug-likeness (QED) is 0.417. The molecular formula is C6H9Cl4N3Zn. The van der Waals surface area contributed by atoms with Crippen molar-refractivity contribution in [1.82, 2.24) is 9.97 Å². The van der Waals surface area contributed by atoms with Crippen LogP contribution in [0.1, 0.15) is 11.4 Å². The Morgan fingerprint density at radius 2 is 1.93 bits per heavy atom. The molecule has 0 aliphatic heterocycles. The summed E-state index contributed by atoms with van der Waals surface area (Å²) in [6.07, 6.45) is 1.64. The molecule has 0 atom stereocenters. The summed E-state index contributed by atoms with van der Waals surface area (Å²) in [5.41, 5.74) is 6.28. The van der Waals surface area contributed by atoms with E-state index in [1.807, 2.05) is 0 Å². The van der Waals surface area contributed by atoms with Gasteiger partial charge in [-0.3, -0.25) is 0 Å².